The zero-order valence-corrected chi connectivity index (χ0v) is 14.3. The number of hydrogen-bond donors (Lipinski definition) is 2. The molecular formula is C15H21N3OS2. The van der Waals surface area contributed by atoms with E-state index in [1.54, 1.807) is 0 Å². The van der Waals surface area contributed by atoms with Crippen LogP contribution in [0.1, 0.15) is 33.8 Å². The molecule has 0 aliphatic rings. The third-order valence-corrected chi connectivity index (χ3v) is 5.09. The van der Waals surface area contributed by atoms with Gasteiger partial charge in [-0.15, -0.1) is 11.3 Å². The van der Waals surface area contributed by atoms with Gasteiger partial charge in [0.1, 0.15) is 9.71 Å². The Morgan fingerprint density at radius 2 is 2.19 bits per heavy atom. The summed E-state index contributed by atoms with van der Waals surface area (Å²) in [5.41, 5.74) is 8.73. The molecule has 2 aromatic heterocycles. The van der Waals surface area contributed by atoms with E-state index in [0.717, 1.165) is 40.1 Å². The highest BCUT2D eigenvalue weighted by Crippen LogP contribution is 2.34. The number of nitrogens with zero attached hydrogens (tertiary/aromatic N) is 1. The molecule has 6 heteroatoms. The number of amides is 1. The van der Waals surface area contributed by atoms with Crippen molar-refractivity contribution in [1.29, 1.82) is 0 Å². The molecule has 0 aliphatic carbocycles. The second-order valence-electron chi connectivity index (χ2n) is 5.06. The number of carbonyl (C=O) groups excluding carboxylic acids is 1. The van der Waals surface area contributed by atoms with Gasteiger partial charge in [0, 0.05) is 17.6 Å². The molecular weight excluding hydrogens is 302 g/mol. The van der Waals surface area contributed by atoms with Gasteiger partial charge in [-0.05, 0) is 50.3 Å². The van der Waals surface area contributed by atoms with E-state index in [1.807, 2.05) is 31.7 Å². The molecule has 0 bridgehead atoms. The highest BCUT2D eigenvalue weighted by atomic mass is 32.2. The Kier molecular flexibility index (Phi) is 5.47. The SMILES string of the molecule is CSCCCCNC(=O)c1sc2nc(C)cc(C)c2c1N. The molecule has 21 heavy (non-hydrogen) atoms. The number of fused-ring (bicyclic) bond motifs is 1. The Bertz CT molecular complexity index is 652. The number of rotatable bonds is 6. The summed E-state index contributed by atoms with van der Waals surface area (Å²) in [5, 5.41) is 3.86. The second-order valence-corrected chi connectivity index (χ2v) is 7.05. The molecule has 0 atom stereocenters. The summed E-state index contributed by atoms with van der Waals surface area (Å²) in [7, 11) is 0. The van der Waals surface area contributed by atoms with Crippen molar-refractivity contribution in [2.75, 3.05) is 24.3 Å². The molecule has 0 unspecified atom stereocenters. The fourth-order valence-electron chi connectivity index (χ4n) is 2.29. The van der Waals surface area contributed by atoms with Crippen molar-refractivity contribution in [3.8, 4) is 0 Å². The summed E-state index contributed by atoms with van der Waals surface area (Å²) >= 11 is 3.20. The van der Waals surface area contributed by atoms with Crippen molar-refractivity contribution in [3.63, 3.8) is 0 Å². The molecule has 2 aromatic rings. The first-order chi connectivity index (χ1) is 10.0. The number of aryl methyl sites for hydroxylation is 2. The molecule has 1 amide bonds. The van der Waals surface area contributed by atoms with Crippen molar-refractivity contribution in [2.45, 2.75) is 26.7 Å². The lowest BCUT2D eigenvalue weighted by molar-refractivity contribution is 0.0958. The van der Waals surface area contributed by atoms with E-state index in [2.05, 4.69) is 16.6 Å². The smallest absolute Gasteiger partial charge is 0.263 e. The molecule has 2 heterocycles. The van der Waals surface area contributed by atoms with Crippen LogP contribution in [-0.4, -0.2) is 29.4 Å². The zero-order valence-electron chi connectivity index (χ0n) is 12.7. The standard InChI is InChI=1S/C15H21N3OS2/c1-9-8-10(2)18-15-11(9)12(16)13(21-15)14(19)17-6-4-5-7-20-3/h8H,4-7,16H2,1-3H3,(H,17,19). The van der Waals surface area contributed by atoms with E-state index in [9.17, 15) is 4.79 Å². The monoisotopic (exact) mass is 323 g/mol. The van der Waals surface area contributed by atoms with E-state index < -0.39 is 0 Å². The molecule has 0 saturated heterocycles. The van der Waals surface area contributed by atoms with E-state index in [-0.39, 0.29) is 5.91 Å². The number of nitrogens with two attached hydrogens (primary N) is 1. The summed E-state index contributed by atoms with van der Waals surface area (Å²) in [6, 6.07) is 2.00. The number of thiophene rings is 1. The maximum absolute atomic E-state index is 12.3. The first kappa shape index (κ1) is 16.1. The molecule has 114 valence electrons. The van der Waals surface area contributed by atoms with E-state index in [1.165, 1.54) is 11.3 Å². The van der Waals surface area contributed by atoms with Gasteiger partial charge in [0.05, 0.1) is 5.69 Å². The third-order valence-electron chi connectivity index (χ3n) is 3.29. The molecule has 4 nitrogen and oxygen atoms in total. The van der Waals surface area contributed by atoms with Crippen LogP contribution in [0.5, 0.6) is 0 Å². The highest BCUT2D eigenvalue weighted by Gasteiger charge is 2.18. The number of carbonyl (C=O) groups is 1. The topological polar surface area (TPSA) is 68.0 Å². The number of thioether (sulfide) groups is 1. The minimum absolute atomic E-state index is 0.0864. The largest absolute Gasteiger partial charge is 0.397 e. The van der Waals surface area contributed by atoms with Crippen LogP contribution in [0.15, 0.2) is 6.07 Å². The third kappa shape index (κ3) is 3.68. The first-order valence-electron chi connectivity index (χ1n) is 6.98. The van der Waals surface area contributed by atoms with Crippen molar-refractivity contribution in [1.82, 2.24) is 10.3 Å². The molecule has 0 fully saturated rings. The minimum atomic E-state index is -0.0864. The molecule has 0 aromatic carbocycles. The lowest BCUT2D eigenvalue weighted by Gasteiger charge is -2.04. The molecule has 0 aliphatic heterocycles. The van der Waals surface area contributed by atoms with Gasteiger partial charge in [-0.3, -0.25) is 4.79 Å². The van der Waals surface area contributed by atoms with Crippen molar-refractivity contribution < 1.29 is 4.79 Å². The summed E-state index contributed by atoms with van der Waals surface area (Å²) < 4.78 is 0. The summed E-state index contributed by atoms with van der Waals surface area (Å²) in [4.78, 5) is 18.2. The fraction of sp³-hybridized carbons (Fsp3) is 0.467. The van der Waals surface area contributed by atoms with Crippen LogP contribution in [0.25, 0.3) is 10.2 Å². The minimum Gasteiger partial charge on any atom is -0.397 e. The number of unbranched alkanes of at least 4 members (excludes halogenated alkanes) is 1. The highest BCUT2D eigenvalue weighted by molar-refractivity contribution is 7.98. The van der Waals surface area contributed by atoms with Gasteiger partial charge in [0.25, 0.3) is 5.91 Å². The molecule has 2 rings (SSSR count). The Balaban J connectivity index is 2.13. The number of nitrogens with one attached hydrogen (secondary N) is 1. The predicted octanol–water partition coefficient (Wildman–Crippen LogP) is 3.37. The summed E-state index contributed by atoms with van der Waals surface area (Å²) in [6.07, 6.45) is 4.20. The summed E-state index contributed by atoms with van der Waals surface area (Å²) in [5.74, 6) is 1.04. The predicted molar refractivity (Wildman–Crippen MR) is 93.5 cm³/mol. The van der Waals surface area contributed by atoms with Gasteiger partial charge < -0.3 is 11.1 Å². The quantitative estimate of drug-likeness (QED) is 0.800. The van der Waals surface area contributed by atoms with E-state index >= 15 is 0 Å². The van der Waals surface area contributed by atoms with Crippen molar-refractivity contribution in [2.24, 2.45) is 0 Å². The normalized spacial score (nSPS) is 11.0. The number of hydrogen-bond acceptors (Lipinski definition) is 5. The number of pyridine rings is 1. The zero-order chi connectivity index (χ0) is 15.4. The lowest BCUT2D eigenvalue weighted by Crippen LogP contribution is -2.24. The van der Waals surface area contributed by atoms with Crippen LogP contribution >= 0.6 is 23.1 Å². The van der Waals surface area contributed by atoms with Gasteiger partial charge in [0.2, 0.25) is 0 Å². The average Bonchev–Trinajstić information content (AvgIpc) is 2.75. The van der Waals surface area contributed by atoms with E-state index in [4.69, 9.17) is 5.73 Å². The second kappa shape index (κ2) is 7.13. The van der Waals surface area contributed by atoms with Gasteiger partial charge >= 0.3 is 0 Å². The number of aromatic nitrogens is 1. The van der Waals surface area contributed by atoms with Crippen molar-refractivity contribution in [3.05, 3.63) is 22.2 Å². The Labute approximate surface area is 133 Å². The van der Waals surface area contributed by atoms with Crippen molar-refractivity contribution >= 4 is 44.9 Å². The lowest BCUT2D eigenvalue weighted by atomic mass is 10.1. The van der Waals surface area contributed by atoms with E-state index in [0.29, 0.717) is 17.1 Å². The van der Waals surface area contributed by atoms with Crippen LogP contribution < -0.4 is 11.1 Å². The number of anilines is 1. The Hall–Kier alpha value is -1.27. The van der Waals surface area contributed by atoms with Gasteiger partial charge in [-0.2, -0.15) is 11.8 Å². The number of nitrogen functional groups attached to an aromatic ring is 1. The Morgan fingerprint density at radius 1 is 1.43 bits per heavy atom. The average molecular weight is 323 g/mol. The van der Waals surface area contributed by atoms with Crippen LogP contribution in [-0.2, 0) is 0 Å². The maximum Gasteiger partial charge on any atom is 0.263 e. The van der Waals surface area contributed by atoms with Crippen LogP contribution in [0.2, 0.25) is 0 Å². The van der Waals surface area contributed by atoms with Gasteiger partial charge in [0.15, 0.2) is 0 Å². The maximum atomic E-state index is 12.3. The van der Waals surface area contributed by atoms with Crippen LogP contribution in [0.3, 0.4) is 0 Å². The molecule has 0 saturated carbocycles. The molecule has 0 radical (unpaired) electrons. The molecule has 3 N–H and O–H groups in total. The van der Waals surface area contributed by atoms with Crippen LogP contribution in [0.4, 0.5) is 5.69 Å². The van der Waals surface area contributed by atoms with Crippen LogP contribution in [0, 0.1) is 13.8 Å². The summed E-state index contributed by atoms with van der Waals surface area (Å²) in [6.45, 7) is 4.65. The Morgan fingerprint density at radius 3 is 2.90 bits per heavy atom. The molecule has 0 spiro atoms. The van der Waals surface area contributed by atoms with Gasteiger partial charge in [-0.25, -0.2) is 4.98 Å². The van der Waals surface area contributed by atoms with Gasteiger partial charge in [-0.1, -0.05) is 0 Å². The fourth-order valence-corrected chi connectivity index (χ4v) is 3.92. The first-order valence-corrected chi connectivity index (χ1v) is 9.19.